The molecule has 0 aliphatic carbocycles. The Labute approximate surface area is 139 Å². The molecule has 116 valence electrons. The minimum Gasteiger partial charge on any atom is -0.491 e. The van der Waals surface area contributed by atoms with Crippen LogP contribution in [-0.4, -0.2) is 19.1 Å². The van der Waals surface area contributed by atoms with Crippen molar-refractivity contribution in [2.24, 2.45) is 0 Å². The molecule has 1 amide bonds. The predicted octanol–water partition coefficient (Wildman–Crippen LogP) is 3.80. The van der Waals surface area contributed by atoms with Crippen molar-refractivity contribution in [3.8, 4) is 5.75 Å². The van der Waals surface area contributed by atoms with E-state index < -0.39 is 0 Å². The summed E-state index contributed by atoms with van der Waals surface area (Å²) in [4.78, 5) is 11.9. The van der Waals surface area contributed by atoms with Crippen LogP contribution in [0.4, 0.5) is 0 Å². The average molecular weight is 362 g/mol. The van der Waals surface area contributed by atoms with E-state index in [1.807, 2.05) is 50.2 Å². The van der Waals surface area contributed by atoms with Gasteiger partial charge in [-0.05, 0) is 48.7 Å². The third-order valence-corrected chi connectivity index (χ3v) is 3.77. The normalized spacial score (nSPS) is 10.3. The van der Waals surface area contributed by atoms with Crippen molar-refractivity contribution in [1.82, 2.24) is 5.32 Å². The van der Waals surface area contributed by atoms with Crippen molar-refractivity contribution in [3.63, 3.8) is 0 Å². The van der Waals surface area contributed by atoms with Gasteiger partial charge in [-0.1, -0.05) is 40.2 Å². The Balaban J connectivity index is 1.74. The molecule has 22 heavy (non-hydrogen) atoms. The molecule has 0 radical (unpaired) electrons. The number of benzene rings is 2. The molecule has 0 atom stereocenters. The van der Waals surface area contributed by atoms with Gasteiger partial charge in [0.1, 0.15) is 12.4 Å². The van der Waals surface area contributed by atoms with E-state index >= 15 is 0 Å². The van der Waals surface area contributed by atoms with Crippen molar-refractivity contribution < 1.29 is 9.53 Å². The van der Waals surface area contributed by atoms with Gasteiger partial charge in [0.05, 0.1) is 13.0 Å². The lowest BCUT2D eigenvalue weighted by Crippen LogP contribution is -2.29. The van der Waals surface area contributed by atoms with E-state index in [4.69, 9.17) is 4.74 Å². The quantitative estimate of drug-likeness (QED) is 0.794. The van der Waals surface area contributed by atoms with E-state index in [2.05, 4.69) is 27.3 Å². The standard InChI is InChI=1S/C18H20BrNO2/c1-13-6-7-14(2)17(10-13)22-9-8-20-18(21)12-15-4-3-5-16(19)11-15/h3-7,10-11H,8-9,12H2,1-2H3,(H,20,21). The second kappa shape index (κ2) is 7.99. The zero-order valence-electron chi connectivity index (χ0n) is 12.9. The third kappa shape index (κ3) is 5.19. The molecule has 2 aromatic rings. The average Bonchev–Trinajstić information content (AvgIpc) is 2.47. The van der Waals surface area contributed by atoms with Gasteiger partial charge in [0, 0.05) is 4.47 Å². The zero-order chi connectivity index (χ0) is 15.9. The monoisotopic (exact) mass is 361 g/mol. The number of nitrogens with one attached hydrogen (secondary N) is 1. The number of hydrogen-bond acceptors (Lipinski definition) is 2. The van der Waals surface area contributed by atoms with Crippen LogP contribution < -0.4 is 10.1 Å². The molecule has 0 aliphatic heterocycles. The van der Waals surface area contributed by atoms with Crippen molar-refractivity contribution in [1.29, 1.82) is 0 Å². The molecule has 0 spiro atoms. The van der Waals surface area contributed by atoms with Crippen LogP contribution in [-0.2, 0) is 11.2 Å². The van der Waals surface area contributed by atoms with Gasteiger partial charge in [-0.2, -0.15) is 0 Å². The molecule has 0 unspecified atom stereocenters. The molecule has 0 heterocycles. The third-order valence-electron chi connectivity index (χ3n) is 3.28. The smallest absolute Gasteiger partial charge is 0.224 e. The molecule has 0 saturated carbocycles. The van der Waals surface area contributed by atoms with E-state index in [9.17, 15) is 4.79 Å². The lowest BCUT2D eigenvalue weighted by Gasteiger charge is -2.11. The molecule has 4 heteroatoms. The van der Waals surface area contributed by atoms with Crippen molar-refractivity contribution >= 4 is 21.8 Å². The van der Waals surface area contributed by atoms with Crippen molar-refractivity contribution in [2.75, 3.05) is 13.2 Å². The summed E-state index contributed by atoms with van der Waals surface area (Å²) in [6, 6.07) is 13.9. The number of aryl methyl sites for hydroxylation is 2. The van der Waals surface area contributed by atoms with Gasteiger partial charge < -0.3 is 10.1 Å². The number of carbonyl (C=O) groups is 1. The van der Waals surface area contributed by atoms with E-state index in [0.29, 0.717) is 19.6 Å². The van der Waals surface area contributed by atoms with E-state index in [0.717, 1.165) is 21.3 Å². The minimum atomic E-state index is 0.00247. The summed E-state index contributed by atoms with van der Waals surface area (Å²) in [7, 11) is 0. The maximum Gasteiger partial charge on any atom is 0.224 e. The molecule has 2 rings (SSSR count). The van der Waals surface area contributed by atoms with Crippen LogP contribution in [0.1, 0.15) is 16.7 Å². The number of halogens is 1. The highest BCUT2D eigenvalue weighted by atomic mass is 79.9. The SMILES string of the molecule is Cc1ccc(C)c(OCCNC(=O)Cc2cccc(Br)c2)c1. The fraction of sp³-hybridized carbons (Fsp3) is 0.278. The van der Waals surface area contributed by atoms with Gasteiger partial charge >= 0.3 is 0 Å². The molecule has 0 bridgehead atoms. The van der Waals surface area contributed by atoms with Crippen LogP contribution in [0.15, 0.2) is 46.9 Å². The maximum absolute atomic E-state index is 11.9. The van der Waals surface area contributed by atoms with Gasteiger partial charge in [0.15, 0.2) is 0 Å². The molecule has 0 aromatic heterocycles. The number of hydrogen-bond donors (Lipinski definition) is 1. The summed E-state index contributed by atoms with van der Waals surface area (Å²) >= 11 is 3.40. The van der Waals surface area contributed by atoms with E-state index in [1.54, 1.807) is 0 Å². The predicted molar refractivity (Wildman–Crippen MR) is 92.3 cm³/mol. The fourth-order valence-electron chi connectivity index (χ4n) is 2.11. The Bertz CT molecular complexity index is 655. The summed E-state index contributed by atoms with van der Waals surface area (Å²) < 4.78 is 6.70. The van der Waals surface area contributed by atoms with Crippen LogP contribution in [0.2, 0.25) is 0 Å². The topological polar surface area (TPSA) is 38.3 Å². The van der Waals surface area contributed by atoms with E-state index in [1.165, 1.54) is 5.56 Å². The first-order valence-electron chi connectivity index (χ1n) is 7.26. The second-order valence-electron chi connectivity index (χ2n) is 5.27. The van der Waals surface area contributed by atoms with Crippen LogP contribution in [0.25, 0.3) is 0 Å². The number of carbonyl (C=O) groups excluding carboxylic acids is 1. The number of ether oxygens (including phenoxy) is 1. The van der Waals surface area contributed by atoms with Crippen LogP contribution in [0.5, 0.6) is 5.75 Å². The zero-order valence-corrected chi connectivity index (χ0v) is 14.4. The van der Waals surface area contributed by atoms with Gasteiger partial charge in [-0.25, -0.2) is 0 Å². The molecule has 1 N–H and O–H groups in total. The fourth-order valence-corrected chi connectivity index (χ4v) is 2.56. The summed E-state index contributed by atoms with van der Waals surface area (Å²) in [5, 5.41) is 2.88. The highest BCUT2D eigenvalue weighted by Gasteiger charge is 2.04. The molecule has 2 aromatic carbocycles. The summed E-state index contributed by atoms with van der Waals surface area (Å²) in [5.41, 5.74) is 3.26. The van der Waals surface area contributed by atoms with Gasteiger partial charge in [-0.3, -0.25) is 4.79 Å². The Morgan fingerprint density at radius 1 is 1.18 bits per heavy atom. The highest BCUT2D eigenvalue weighted by Crippen LogP contribution is 2.18. The molecule has 0 fully saturated rings. The summed E-state index contributed by atoms with van der Waals surface area (Å²) in [6.07, 6.45) is 0.378. The first-order valence-corrected chi connectivity index (χ1v) is 8.05. The molecular weight excluding hydrogens is 342 g/mol. The van der Waals surface area contributed by atoms with Crippen molar-refractivity contribution in [2.45, 2.75) is 20.3 Å². The molecule has 3 nitrogen and oxygen atoms in total. The maximum atomic E-state index is 11.9. The lowest BCUT2D eigenvalue weighted by atomic mass is 10.1. The summed E-state index contributed by atoms with van der Waals surface area (Å²) in [5.74, 6) is 0.879. The van der Waals surface area contributed by atoms with Gasteiger partial charge in [0.2, 0.25) is 5.91 Å². The van der Waals surface area contributed by atoms with E-state index in [-0.39, 0.29) is 5.91 Å². The first kappa shape index (κ1) is 16.6. The number of rotatable bonds is 6. The Morgan fingerprint density at radius 2 is 2.00 bits per heavy atom. The second-order valence-corrected chi connectivity index (χ2v) is 6.19. The number of amides is 1. The minimum absolute atomic E-state index is 0.00247. The molecule has 0 aliphatic rings. The van der Waals surface area contributed by atoms with Gasteiger partial charge in [0.25, 0.3) is 0 Å². The highest BCUT2D eigenvalue weighted by molar-refractivity contribution is 9.10. The largest absolute Gasteiger partial charge is 0.491 e. The van der Waals surface area contributed by atoms with Gasteiger partial charge in [-0.15, -0.1) is 0 Å². The van der Waals surface area contributed by atoms with Crippen LogP contribution >= 0.6 is 15.9 Å². The summed E-state index contributed by atoms with van der Waals surface area (Å²) in [6.45, 7) is 5.02. The Hall–Kier alpha value is -1.81. The lowest BCUT2D eigenvalue weighted by molar-refractivity contribution is -0.120. The molecular formula is C18H20BrNO2. The first-order chi connectivity index (χ1) is 10.5. The Kier molecular flexibility index (Phi) is 6.01. The van der Waals surface area contributed by atoms with Crippen LogP contribution in [0, 0.1) is 13.8 Å². The van der Waals surface area contributed by atoms with Crippen molar-refractivity contribution in [3.05, 3.63) is 63.6 Å². The molecule has 0 saturated heterocycles. The Morgan fingerprint density at radius 3 is 2.77 bits per heavy atom. The van der Waals surface area contributed by atoms with Crippen LogP contribution in [0.3, 0.4) is 0 Å².